The van der Waals surface area contributed by atoms with Gasteiger partial charge < -0.3 is 15.7 Å². The third-order valence-corrected chi connectivity index (χ3v) is 4.85. The van der Waals surface area contributed by atoms with Crippen molar-refractivity contribution in [3.63, 3.8) is 0 Å². The zero-order valence-electron chi connectivity index (χ0n) is 16.8. The van der Waals surface area contributed by atoms with E-state index in [4.69, 9.17) is 0 Å². The molecule has 0 aliphatic heterocycles. The molecule has 2 amide bonds. The van der Waals surface area contributed by atoms with E-state index in [0.29, 0.717) is 16.8 Å². The summed E-state index contributed by atoms with van der Waals surface area (Å²) in [6, 6.07) is 16.7. The summed E-state index contributed by atoms with van der Waals surface area (Å²) in [4.78, 5) is 25.8. The molecule has 154 valence electrons. The summed E-state index contributed by atoms with van der Waals surface area (Å²) in [7, 11) is 0. The Hall–Kier alpha value is -3.67. The minimum Gasteiger partial charge on any atom is -0.508 e. The van der Waals surface area contributed by atoms with Crippen LogP contribution in [-0.4, -0.2) is 23.0 Å². The Morgan fingerprint density at radius 2 is 1.67 bits per heavy atom. The molecule has 3 rings (SSSR count). The fraction of sp³-hybridized carbons (Fsp3) is 0.167. The van der Waals surface area contributed by atoms with E-state index in [1.807, 2.05) is 19.1 Å². The number of rotatable bonds is 6. The molecule has 0 bridgehead atoms. The second-order valence-electron chi connectivity index (χ2n) is 7.16. The second-order valence-corrected chi connectivity index (χ2v) is 7.16. The molecule has 3 aromatic carbocycles. The average molecular weight is 406 g/mol. The summed E-state index contributed by atoms with van der Waals surface area (Å²) in [5.74, 6) is -1.18. The molecule has 3 N–H and O–H groups in total. The Balaban J connectivity index is 1.85. The van der Waals surface area contributed by atoms with Crippen molar-refractivity contribution in [3.05, 3.63) is 94.8 Å². The topological polar surface area (TPSA) is 78.4 Å². The molecule has 5 nitrogen and oxygen atoms in total. The number of aryl methyl sites for hydroxylation is 2. The maximum atomic E-state index is 13.6. The van der Waals surface area contributed by atoms with Gasteiger partial charge in [-0.25, -0.2) is 4.39 Å². The summed E-state index contributed by atoms with van der Waals surface area (Å²) in [6.07, 6.45) is 0.206. The standard InChI is InChI=1S/C24H23FN2O3/c1-15-5-3-4-6-20(15)23(29)27-22(13-17-8-11-19(28)12-9-17)24(30)26-21-14-18(25)10-7-16(21)2/h3-12,14,22,28H,13H2,1-2H3,(H,26,30)(H,27,29). The number of nitrogens with one attached hydrogen (secondary N) is 2. The summed E-state index contributed by atoms with van der Waals surface area (Å²) in [6.45, 7) is 3.58. The Labute approximate surface area is 174 Å². The van der Waals surface area contributed by atoms with Gasteiger partial charge in [0, 0.05) is 17.7 Å². The van der Waals surface area contributed by atoms with E-state index < -0.39 is 17.8 Å². The molecule has 3 aromatic rings. The molecular weight excluding hydrogens is 383 g/mol. The van der Waals surface area contributed by atoms with Crippen molar-refractivity contribution >= 4 is 17.5 Å². The molecule has 0 radical (unpaired) electrons. The van der Waals surface area contributed by atoms with Gasteiger partial charge in [-0.15, -0.1) is 0 Å². The minimum absolute atomic E-state index is 0.110. The van der Waals surface area contributed by atoms with Gasteiger partial charge in [0.2, 0.25) is 5.91 Å². The van der Waals surface area contributed by atoms with Crippen LogP contribution in [0.4, 0.5) is 10.1 Å². The van der Waals surface area contributed by atoms with Crippen LogP contribution in [0.3, 0.4) is 0 Å². The van der Waals surface area contributed by atoms with Crippen molar-refractivity contribution in [2.24, 2.45) is 0 Å². The fourth-order valence-electron chi connectivity index (χ4n) is 3.09. The summed E-state index contributed by atoms with van der Waals surface area (Å²) in [5.41, 5.74) is 3.08. The SMILES string of the molecule is Cc1ccc(F)cc1NC(=O)C(Cc1ccc(O)cc1)NC(=O)c1ccccc1C. The van der Waals surface area contributed by atoms with Crippen LogP contribution >= 0.6 is 0 Å². The largest absolute Gasteiger partial charge is 0.508 e. The predicted molar refractivity (Wildman–Crippen MR) is 114 cm³/mol. The van der Waals surface area contributed by atoms with Gasteiger partial charge in [-0.05, 0) is 60.9 Å². The number of amides is 2. The van der Waals surface area contributed by atoms with Crippen molar-refractivity contribution in [2.75, 3.05) is 5.32 Å². The molecule has 0 aliphatic carbocycles. The lowest BCUT2D eigenvalue weighted by molar-refractivity contribution is -0.118. The summed E-state index contributed by atoms with van der Waals surface area (Å²) >= 11 is 0. The molecule has 0 fully saturated rings. The first-order valence-corrected chi connectivity index (χ1v) is 9.55. The third kappa shape index (κ3) is 5.23. The summed E-state index contributed by atoms with van der Waals surface area (Å²) < 4.78 is 13.6. The van der Waals surface area contributed by atoms with E-state index in [2.05, 4.69) is 10.6 Å². The number of hydrogen-bond acceptors (Lipinski definition) is 3. The number of carbonyl (C=O) groups is 2. The highest BCUT2D eigenvalue weighted by Crippen LogP contribution is 2.18. The van der Waals surface area contributed by atoms with Gasteiger partial charge in [-0.1, -0.05) is 36.4 Å². The van der Waals surface area contributed by atoms with Gasteiger partial charge in [-0.3, -0.25) is 9.59 Å². The number of carbonyl (C=O) groups excluding carboxylic acids is 2. The lowest BCUT2D eigenvalue weighted by atomic mass is 10.0. The van der Waals surface area contributed by atoms with Crippen LogP contribution in [0.2, 0.25) is 0 Å². The molecule has 6 heteroatoms. The van der Waals surface area contributed by atoms with Crippen molar-refractivity contribution in [1.82, 2.24) is 5.32 Å². The lowest BCUT2D eigenvalue weighted by Gasteiger charge is -2.20. The normalized spacial score (nSPS) is 11.6. The molecular formula is C24H23FN2O3. The number of hydrogen-bond donors (Lipinski definition) is 3. The van der Waals surface area contributed by atoms with E-state index in [0.717, 1.165) is 11.1 Å². The number of halogens is 1. The van der Waals surface area contributed by atoms with Gasteiger partial charge >= 0.3 is 0 Å². The molecule has 1 atom stereocenters. The van der Waals surface area contributed by atoms with Crippen LogP contribution < -0.4 is 10.6 Å². The van der Waals surface area contributed by atoms with E-state index in [1.165, 1.54) is 24.3 Å². The van der Waals surface area contributed by atoms with Crippen molar-refractivity contribution in [2.45, 2.75) is 26.3 Å². The van der Waals surface area contributed by atoms with E-state index in [9.17, 15) is 19.1 Å². The number of phenolic OH excluding ortho intramolecular Hbond substituents is 1. The van der Waals surface area contributed by atoms with Crippen molar-refractivity contribution in [3.8, 4) is 5.75 Å². The lowest BCUT2D eigenvalue weighted by Crippen LogP contribution is -2.45. The monoisotopic (exact) mass is 406 g/mol. The highest BCUT2D eigenvalue weighted by Gasteiger charge is 2.23. The van der Waals surface area contributed by atoms with Crippen molar-refractivity contribution < 1.29 is 19.1 Å². The van der Waals surface area contributed by atoms with Crippen LogP contribution in [0.15, 0.2) is 66.7 Å². The molecule has 0 spiro atoms. The van der Waals surface area contributed by atoms with E-state index in [1.54, 1.807) is 37.3 Å². The Morgan fingerprint density at radius 1 is 0.967 bits per heavy atom. The predicted octanol–water partition coefficient (Wildman–Crippen LogP) is 4.13. The zero-order chi connectivity index (χ0) is 21.7. The first-order chi connectivity index (χ1) is 14.3. The number of benzene rings is 3. The average Bonchev–Trinajstić information content (AvgIpc) is 2.72. The second kappa shape index (κ2) is 9.22. The Kier molecular flexibility index (Phi) is 6.47. The fourth-order valence-corrected chi connectivity index (χ4v) is 3.09. The highest BCUT2D eigenvalue weighted by molar-refractivity contribution is 6.02. The van der Waals surface area contributed by atoms with Crippen molar-refractivity contribution in [1.29, 1.82) is 0 Å². The molecule has 30 heavy (non-hydrogen) atoms. The molecule has 0 aliphatic rings. The number of aromatic hydroxyl groups is 1. The molecule has 0 aromatic heterocycles. The molecule has 1 unspecified atom stereocenters. The van der Waals surface area contributed by atoms with Gasteiger partial charge in [0.1, 0.15) is 17.6 Å². The van der Waals surface area contributed by atoms with E-state index in [-0.39, 0.29) is 18.1 Å². The van der Waals surface area contributed by atoms with Gasteiger partial charge in [0.05, 0.1) is 0 Å². The number of anilines is 1. The van der Waals surface area contributed by atoms with Crippen LogP contribution in [-0.2, 0) is 11.2 Å². The minimum atomic E-state index is -0.899. The molecule has 0 heterocycles. The Bertz CT molecular complexity index is 1060. The highest BCUT2D eigenvalue weighted by atomic mass is 19.1. The molecule has 0 saturated carbocycles. The first kappa shape index (κ1) is 21.0. The van der Waals surface area contributed by atoms with E-state index >= 15 is 0 Å². The third-order valence-electron chi connectivity index (χ3n) is 4.85. The van der Waals surface area contributed by atoms with Gasteiger partial charge in [0.25, 0.3) is 5.91 Å². The molecule has 0 saturated heterocycles. The van der Waals surface area contributed by atoms with Crippen LogP contribution in [0, 0.1) is 19.7 Å². The van der Waals surface area contributed by atoms with Gasteiger partial charge in [-0.2, -0.15) is 0 Å². The smallest absolute Gasteiger partial charge is 0.252 e. The van der Waals surface area contributed by atoms with Crippen LogP contribution in [0.25, 0.3) is 0 Å². The maximum Gasteiger partial charge on any atom is 0.252 e. The van der Waals surface area contributed by atoms with Gasteiger partial charge in [0.15, 0.2) is 0 Å². The quantitative estimate of drug-likeness (QED) is 0.576. The zero-order valence-corrected chi connectivity index (χ0v) is 16.8. The summed E-state index contributed by atoms with van der Waals surface area (Å²) in [5, 5.41) is 15.0. The Morgan fingerprint density at radius 3 is 2.37 bits per heavy atom. The van der Waals surface area contributed by atoms with Crippen LogP contribution in [0.1, 0.15) is 27.0 Å². The van der Waals surface area contributed by atoms with Crippen LogP contribution in [0.5, 0.6) is 5.75 Å². The maximum absolute atomic E-state index is 13.6. The first-order valence-electron chi connectivity index (χ1n) is 9.55. The number of phenols is 1.